The van der Waals surface area contributed by atoms with Crippen LogP contribution in [0.5, 0.6) is 0 Å². The minimum atomic E-state index is 0.879. The summed E-state index contributed by atoms with van der Waals surface area (Å²) in [5.74, 6) is 0. The van der Waals surface area contributed by atoms with E-state index in [4.69, 9.17) is 10.5 Å². The Morgan fingerprint density at radius 2 is 1.94 bits per heavy atom. The molecule has 1 saturated heterocycles. The minimum Gasteiger partial charge on any atom is -0.398 e. The van der Waals surface area contributed by atoms with E-state index >= 15 is 0 Å². The third kappa shape index (κ3) is 2.31. The molecule has 98 valence electrons. The fourth-order valence-electron chi connectivity index (χ4n) is 2.85. The Labute approximate surface area is 108 Å². The summed E-state index contributed by atoms with van der Waals surface area (Å²) in [6.07, 6.45) is 1.09. The van der Waals surface area contributed by atoms with Crippen molar-refractivity contribution < 1.29 is 4.74 Å². The fourth-order valence-corrected chi connectivity index (χ4v) is 2.85. The first-order valence-electron chi connectivity index (χ1n) is 6.77. The Bertz CT molecular complexity index is 416. The van der Waals surface area contributed by atoms with Gasteiger partial charge in [-0.3, -0.25) is 4.90 Å². The van der Waals surface area contributed by atoms with E-state index in [1.165, 1.54) is 11.3 Å². The number of hydrogen-bond donors (Lipinski definition) is 1. The molecule has 0 saturated carbocycles. The number of benzene rings is 1. The molecule has 0 radical (unpaired) electrons. The van der Waals surface area contributed by atoms with Gasteiger partial charge >= 0.3 is 0 Å². The third-order valence-electron chi connectivity index (χ3n) is 3.95. The normalized spacial score (nSPS) is 20.1. The van der Waals surface area contributed by atoms with Gasteiger partial charge in [-0.1, -0.05) is 6.07 Å². The number of nitrogen functional groups attached to an aromatic ring is 1. The van der Waals surface area contributed by atoms with Crippen LogP contribution in [-0.2, 0) is 11.2 Å². The van der Waals surface area contributed by atoms with Crippen LogP contribution in [0.2, 0.25) is 0 Å². The minimum absolute atomic E-state index is 0.879. The van der Waals surface area contributed by atoms with Crippen molar-refractivity contribution in [1.29, 1.82) is 0 Å². The lowest BCUT2D eigenvalue weighted by atomic mass is 10.1. The maximum Gasteiger partial charge on any atom is 0.0594 e. The second-order valence-corrected chi connectivity index (χ2v) is 5.04. The van der Waals surface area contributed by atoms with Crippen molar-refractivity contribution in [3.63, 3.8) is 0 Å². The number of nitrogens with two attached hydrogens (primary N) is 1. The molecule has 2 heterocycles. The Morgan fingerprint density at radius 3 is 2.78 bits per heavy atom. The summed E-state index contributed by atoms with van der Waals surface area (Å²) in [5, 5.41) is 0. The SMILES string of the molecule is Nc1cccc2c1CCN2CCN1CCOCC1. The zero-order valence-electron chi connectivity index (χ0n) is 10.8. The van der Waals surface area contributed by atoms with Gasteiger partial charge in [0, 0.05) is 49.7 Å². The lowest BCUT2D eigenvalue weighted by molar-refractivity contribution is 0.0392. The summed E-state index contributed by atoms with van der Waals surface area (Å²) in [6.45, 7) is 7.21. The quantitative estimate of drug-likeness (QED) is 0.808. The number of hydrogen-bond acceptors (Lipinski definition) is 4. The number of morpholine rings is 1. The first-order chi connectivity index (χ1) is 8.84. The summed E-state index contributed by atoms with van der Waals surface area (Å²) in [4.78, 5) is 4.94. The van der Waals surface area contributed by atoms with Crippen molar-refractivity contribution in [2.45, 2.75) is 6.42 Å². The van der Waals surface area contributed by atoms with Crippen molar-refractivity contribution in [3.8, 4) is 0 Å². The van der Waals surface area contributed by atoms with Crippen LogP contribution in [0.4, 0.5) is 11.4 Å². The second kappa shape index (κ2) is 5.16. The van der Waals surface area contributed by atoms with E-state index in [0.29, 0.717) is 0 Å². The van der Waals surface area contributed by atoms with E-state index in [9.17, 15) is 0 Å². The molecule has 0 unspecified atom stereocenters. The molecule has 1 fully saturated rings. The van der Waals surface area contributed by atoms with E-state index in [-0.39, 0.29) is 0 Å². The predicted molar refractivity (Wildman–Crippen MR) is 74.0 cm³/mol. The highest BCUT2D eigenvalue weighted by atomic mass is 16.5. The average molecular weight is 247 g/mol. The molecule has 0 spiro atoms. The Balaban J connectivity index is 1.60. The molecular formula is C14H21N3O. The highest BCUT2D eigenvalue weighted by Gasteiger charge is 2.21. The molecule has 0 aliphatic carbocycles. The molecule has 2 aliphatic rings. The van der Waals surface area contributed by atoms with Crippen LogP contribution in [0, 0.1) is 0 Å². The van der Waals surface area contributed by atoms with Crippen LogP contribution >= 0.6 is 0 Å². The molecule has 2 N–H and O–H groups in total. The van der Waals surface area contributed by atoms with Gasteiger partial charge in [-0.2, -0.15) is 0 Å². The van der Waals surface area contributed by atoms with Gasteiger partial charge in [-0.25, -0.2) is 0 Å². The Hall–Kier alpha value is -1.26. The number of ether oxygens (including phenoxy) is 1. The predicted octanol–water partition coefficient (Wildman–Crippen LogP) is 0.964. The first kappa shape index (κ1) is 11.8. The van der Waals surface area contributed by atoms with E-state index in [1.807, 2.05) is 6.07 Å². The Morgan fingerprint density at radius 1 is 1.11 bits per heavy atom. The van der Waals surface area contributed by atoms with Crippen molar-refractivity contribution in [2.24, 2.45) is 0 Å². The number of anilines is 2. The smallest absolute Gasteiger partial charge is 0.0594 e. The fraction of sp³-hybridized carbons (Fsp3) is 0.571. The van der Waals surface area contributed by atoms with Gasteiger partial charge in [0.05, 0.1) is 13.2 Å². The van der Waals surface area contributed by atoms with Gasteiger partial charge in [0.25, 0.3) is 0 Å². The van der Waals surface area contributed by atoms with Crippen molar-refractivity contribution in [2.75, 3.05) is 56.6 Å². The highest BCUT2D eigenvalue weighted by molar-refractivity contribution is 5.68. The number of rotatable bonds is 3. The second-order valence-electron chi connectivity index (χ2n) is 5.04. The molecule has 18 heavy (non-hydrogen) atoms. The first-order valence-corrected chi connectivity index (χ1v) is 6.77. The van der Waals surface area contributed by atoms with Crippen LogP contribution in [0.15, 0.2) is 18.2 Å². The zero-order chi connectivity index (χ0) is 12.4. The molecular weight excluding hydrogens is 226 g/mol. The van der Waals surface area contributed by atoms with Gasteiger partial charge in [0.15, 0.2) is 0 Å². The average Bonchev–Trinajstić information content (AvgIpc) is 2.82. The molecule has 2 aliphatic heterocycles. The molecule has 1 aromatic rings. The molecule has 0 bridgehead atoms. The highest BCUT2D eigenvalue weighted by Crippen LogP contribution is 2.31. The largest absolute Gasteiger partial charge is 0.398 e. The molecule has 3 rings (SSSR count). The van der Waals surface area contributed by atoms with Gasteiger partial charge in [0.1, 0.15) is 0 Å². The third-order valence-corrected chi connectivity index (χ3v) is 3.95. The standard InChI is InChI=1S/C14H21N3O/c15-13-2-1-3-14-12(13)4-5-17(14)7-6-16-8-10-18-11-9-16/h1-3H,4-11,15H2. The number of fused-ring (bicyclic) bond motifs is 1. The molecule has 4 nitrogen and oxygen atoms in total. The van der Waals surface area contributed by atoms with E-state index in [0.717, 1.165) is 58.0 Å². The van der Waals surface area contributed by atoms with Crippen molar-refractivity contribution >= 4 is 11.4 Å². The molecule has 0 atom stereocenters. The maximum atomic E-state index is 6.02. The van der Waals surface area contributed by atoms with Crippen LogP contribution in [0.25, 0.3) is 0 Å². The van der Waals surface area contributed by atoms with E-state index in [2.05, 4.69) is 21.9 Å². The summed E-state index contributed by atoms with van der Waals surface area (Å²) in [5.41, 5.74) is 9.63. The Kier molecular flexibility index (Phi) is 3.39. The van der Waals surface area contributed by atoms with Gasteiger partial charge < -0.3 is 15.4 Å². The molecule has 0 amide bonds. The molecule has 4 heteroatoms. The van der Waals surface area contributed by atoms with Crippen LogP contribution in [0.3, 0.4) is 0 Å². The van der Waals surface area contributed by atoms with Crippen LogP contribution < -0.4 is 10.6 Å². The molecule has 0 aromatic heterocycles. The van der Waals surface area contributed by atoms with Gasteiger partial charge in [-0.05, 0) is 18.6 Å². The van der Waals surface area contributed by atoms with Crippen molar-refractivity contribution in [1.82, 2.24) is 4.90 Å². The van der Waals surface area contributed by atoms with Crippen molar-refractivity contribution in [3.05, 3.63) is 23.8 Å². The van der Waals surface area contributed by atoms with E-state index < -0.39 is 0 Å². The topological polar surface area (TPSA) is 41.7 Å². The summed E-state index contributed by atoms with van der Waals surface area (Å²) in [7, 11) is 0. The van der Waals surface area contributed by atoms with Gasteiger partial charge in [-0.15, -0.1) is 0 Å². The lowest BCUT2D eigenvalue weighted by Gasteiger charge is -2.29. The van der Waals surface area contributed by atoms with E-state index in [1.54, 1.807) is 0 Å². The zero-order valence-corrected chi connectivity index (χ0v) is 10.8. The monoisotopic (exact) mass is 247 g/mol. The van der Waals surface area contributed by atoms with Crippen LogP contribution in [0.1, 0.15) is 5.56 Å². The lowest BCUT2D eigenvalue weighted by Crippen LogP contribution is -2.41. The van der Waals surface area contributed by atoms with Gasteiger partial charge in [0.2, 0.25) is 0 Å². The summed E-state index contributed by atoms with van der Waals surface area (Å²) in [6, 6.07) is 6.25. The number of nitrogens with zero attached hydrogens (tertiary/aromatic N) is 2. The summed E-state index contributed by atoms with van der Waals surface area (Å²) < 4.78 is 5.37. The molecule has 1 aromatic carbocycles. The maximum absolute atomic E-state index is 6.02. The summed E-state index contributed by atoms with van der Waals surface area (Å²) >= 11 is 0. The van der Waals surface area contributed by atoms with Crippen LogP contribution in [-0.4, -0.2) is 50.8 Å².